The molecule has 2 N–H and O–H groups in total. The van der Waals surface area contributed by atoms with Crippen LogP contribution in [0.25, 0.3) is 6.08 Å². The lowest BCUT2D eigenvalue weighted by Gasteiger charge is -2.06. The van der Waals surface area contributed by atoms with Gasteiger partial charge in [0.2, 0.25) is 0 Å². The first-order valence-corrected chi connectivity index (χ1v) is 7.70. The third-order valence-electron chi connectivity index (χ3n) is 3.32. The molecular weight excluding hydrogens is 325 g/mol. The number of ether oxygens (including phenoxy) is 1. The van der Waals surface area contributed by atoms with E-state index in [4.69, 9.17) is 9.84 Å². The van der Waals surface area contributed by atoms with Crippen LogP contribution in [0, 0.1) is 5.82 Å². The van der Waals surface area contributed by atoms with Gasteiger partial charge in [0.15, 0.2) is 0 Å². The molecule has 0 spiro atoms. The van der Waals surface area contributed by atoms with Gasteiger partial charge in [-0.05, 0) is 29.7 Å². The molecule has 0 saturated heterocycles. The Bertz CT molecular complexity index is 759. The number of carbonyl (C=O) groups excluding carboxylic acids is 1. The van der Waals surface area contributed by atoms with Crippen molar-refractivity contribution in [1.29, 1.82) is 0 Å². The van der Waals surface area contributed by atoms with Gasteiger partial charge in [0.05, 0.1) is 5.56 Å². The number of nitrogens with one attached hydrogen (secondary N) is 1. The smallest absolute Gasteiger partial charge is 0.407 e. The summed E-state index contributed by atoms with van der Waals surface area (Å²) in [4.78, 5) is 22.4. The summed E-state index contributed by atoms with van der Waals surface area (Å²) in [6.07, 6.45) is 3.45. The number of hydrogen-bond acceptors (Lipinski definition) is 3. The van der Waals surface area contributed by atoms with Crippen molar-refractivity contribution in [2.24, 2.45) is 0 Å². The van der Waals surface area contributed by atoms with Crippen LogP contribution in [0.15, 0.2) is 54.6 Å². The lowest BCUT2D eigenvalue weighted by molar-refractivity contribution is 0.0691. The summed E-state index contributed by atoms with van der Waals surface area (Å²) in [6.45, 7) is 0.577. The second-order valence-electron chi connectivity index (χ2n) is 5.22. The van der Waals surface area contributed by atoms with Crippen molar-refractivity contribution in [3.8, 4) is 0 Å². The van der Waals surface area contributed by atoms with Gasteiger partial charge in [-0.1, -0.05) is 48.6 Å². The fourth-order valence-corrected chi connectivity index (χ4v) is 2.06. The number of alkyl carbamates (subject to hydrolysis) is 1. The molecular formula is C19H18FNO4. The Balaban J connectivity index is 1.72. The Kier molecular flexibility index (Phi) is 6.71. The number of benzene rings is 2. The minimum Gasteiger partial charge on any atom is -0.478 e. The molecule has 0 heterocycles. The molecule has 0 atom stereocenters. The zero-order valence-corrected chi connectivity index (χ0v) is 13.4. The maximum atomic E-state index is 13.3. The van der Waals surface area contributed by atoms with Crippen LogP contribution >= 0.6 is 0 Å². The van der Waals surface area contributed by atoms with Gasteiger partial charge >= 0.3 is 12.1 Å². The van der Waals surface area contributed by atoms with E-state index in [0.717, 1.165) is 11.6 Å². The highest BCUT2D eigenvalue weighted by Gasteiger charge is 2.09. The number of rotatable bonds is 7. The van der Waals surface area contributed by atoms with E-state index in [1.807, 2.05) is 30.3 Å². The molecule has 0 saturated carbocycles. The molecule has 0 aromatic heterocycles. The predicted molar refractivity (Wildman–Crippen MR) is 91.6 cm³/mol. The quantitative estimate of drug-likeness (QED) is 0.749. The van der Waals surface area contributed by atoms with Gasteiger partial charge in [0, 0.05) is 6.54 Å². The molecule has 1 amide bonds. The van der Waals surface area contributed by atoms with Crippen molar-refractivity contribution in [3.63, 3.8) is 0 Å². The van der Waals surface area contributed by atoms with E-state index in [1.54, 1.807) is 12.2 Å². The first-order valence-electron chi connectivity index (χ1n) is 7.70. The number of carboxylic acid groups (broad SMARTS) is 1. The third kappa shape index (κ3) is 6.10. The van der Waals surface area contributed by atoms with Gasteiger partial charge in [0.25, 0.3) is 0 Å². The van der Waals surface area contributed by atoms with Crippen LogP contribution in [-0.4, -0.2) is 23.7 Å². The van der Waals surface area contributed by atoms with E-state index < -0.39 is 17.9 Å². The third-order valence-corrected chi connectivity index (χ3v) is 3.32. The molecule has 2 rings (SSSR count). The molecule has 0 unspecified atom stereocenters. The average molecular weight is 343 g/mol. The van der Waals surface area contributed by atoms with Gasteiger partial charge in [0.1, 0.15) is 12.4 Å². The maximum absolute atomic E-state index is 13.3. The number of amides is 1. The van der Waals surface area contributed by atoms with E-state index >= 15 is 0 Å². The van der Waals surface area contributed by atoms with Crippen molar-refractivity contribution in [1.82, 2.24) is 5.32 Å². The molecule has 5 nitrogen and oxygen atoms in total. The van der Waals surface area contributed by atoms with E-state index in [9.17, 15) is 14.0 Å². The van der Waals surface area contributed by atoms with E-state index in [0.29, 0.717) is 18.5 Å². The number of carbonyl (C=O) groups is 2. The number of hydrogen-bond donors (Lipinski definition) is 2. The molecule has 25 heavy (non-hydrogen) atoms. The van der Waals surface area contributed by atoms with Crippen LogP contribution in [0.1, 0.15) is 27.9 Å². The van der Waals surface area contributed by atoms with Gasteiger partial charge in [-0.25, -0.2) is 14.0 Å². The van der Waals surface area contributed by atoms with E-state index in [-0.39, 0.29) is 12.2 Å². The normalized spacial score (nSPS) is 10.6. The Morgan fingerprint density at radius 1 is 1.16 bits per heavy atom. The summed E-state index contributed by atoms with van der Waals surface area (Å²) in [6, 6.07) is 13.2. The molecule has 2 aromatic rings. The summed E-state index contributed by atoms with van der Waals surface area (Å²) in [7, 11) is 0. The summed E-state index contributed by atoms with van der Waals surface area (Å²) in [5.41, 5.74) is 1.11. The molecule has 2 aromatic carbocycles. The van der Waals surface area contributed by atoms with Gasteiger partial charge in [-0.3, -0.25) is 0 Å². The first kappa shape index (κ1) is 18.2. The highest BCUT2D eigenvalue weighted by molar-refractivity contribution is 5.88. The molecule has 130 valence electrons. The zero-order chi connectivity index (χ0) is 18.1. The van der Waals surface area contributed by atoms with Crippen LogP contribution in [-0.2, 0) is 11.3 Å². The second kappa shape index (κ2) is 9.22. The van der Waals surface area contributed by atoms with Gasteiger partial charge in [-0.2, -0.15) is 0 Å². The lowest BCUT2D eigenvalue weighted by atomic mass is 10.1. The maximum Gasteiger partial charge on any atom is 0.407 e. The molecule has 0 aliphatic carbocycles. The van der Waals surface area contributed by atoms with Crippen molar-refractivity contribution in [3.05, 3.63) is 77.1 Å². The SMILES string of the molecule is O=C(NCCC=Cc1ccc(F)c(C(=O)O)c1)OCc1ccccc1. The number of carboxylic acids is 1. The topological polar surface area (TPSA) is 75.6 Å². The van der Waals surface area contributed by atoms with Gasteiger partial charge in [-0.15, -0.1) is 0 Å². The van der Waals surface area contributed by atoms with Crippen LogP contribution in [0.4, 0.5) is 9.18 Å². The minimum absolute atomic E-state index is 0.204. The monoisotopic (exact) mass is 343 g/mol. The molecule has 0 aliphatic rings. The van der Waals surface area contributed by atoms with Crippen molar-refractivity contribution < 1.29 is 23.8 Å². The lowest BCUT2D eigenvalue weighted by Crippen LogP contribution is -2.24. The molecule has 6 heteroatoms. The molecule has 0 fully saturated rings. The highest BCUT2D eigenvalue weighted by atomic mass is 19.1. The van der Waals surface area contributed by atoms with Crippen LogP contribution in [0.3, 0.4) is 0 Å². The largest absolute Gasteiger partial charge is 0.478 e. The molecule has 0 aliphatic heterocycles. The van der Waals surface area contributed by atoms with Gasteiger partial charge < -0.3 is 15.2 Å². The predicted octanol–water partition coefficient (Wildman–Crippen LogP) is 3.85. The van der Waals surface area contributed by atoms with E-state index in [1.165, 1.54) is 12.1 Å². The standard InChI is InChI=1S/C19H18FNO4/c20-17-10-9-14(12-16(17)18(22)23)6-4-5-11-21-19(24)25-13-15-7-2-1-3-8-15/h1-4,6-10,12H,5,11,13H2,(H,21,24)(H,22,23). The van der Waals surface area contributed by atoms with E-state index in [2.05, 4.69) is 5.32 Å². The number of halogens is 1. The summed E-state index contributed by atoms with van der Waals surface area (Å²) >= 11 is 0. The van der Waals surface area contributed by atoms with Crippen molar-refractivity contribution in [2.45, 2.75) is 13.0 Å². The summed E-state index contributed by atoms with van der Waals surface area (Å²) in [5, 5.41) is 11.5. The Morgan fingerprint density at radius 3 is 2.64 bits per heavy atom. The van der Waals surface area contributed by atoms with Crippen molar-refractivity contribution in [2.75, 3.05) is 6.54 Å². The highest BCUT2D eigenvalue weighted by Crippen LogP contribution is 2.12. The van der Waals surface area contributed by atoms with Crippen molar-refractivity contribution >= 4 is 18.1 Å². The second-order valence-corrected chi connectivity index (χ2v) is 5.22. The fourth-order valence-electron chi connectivity index (χ4n) is 2.06. The fraction of sp³-hybridized carbons (Fsp3) is 0.158. The van der Waals surface area contributed by atoms with Crippen LogP contribution in [0.2, 0.25) is 0 Å². The molecule has 0 bridgehead atoms. The summed E-state index contributed by atoms with van der Waals surface area (Å²) in [5.74, 6) is -2.08. The minimum atomic E-state index is -1.31. The summed E-state index contributed by atoms with van der Waals surface area (Å²) < 4.78 is 18.3. The zero-order valence-electron chi connectivity index (χ0n) is 13.4. The Morgan fingerprint density at radius 2 is 1.92 bits per heavy atom. The first-order chi connectivity index (χ1) is 12.1. The molecule has 0 radical (unpaired) electrons. The number of aromatic carboxylic acids is 1. The Labute approximate surface area is 144 Å². The van der Waals surface area contributed by atoms with Crippen LogP contribution < -0.4 is 5.32 Å². The average Bonchev–Trinajstić information content (AvgIpc) is 2.61. The Hall–Kier alpha value is -3.15. The van der Waals surface area contributed by atoms with Crippen LogP contribution in [0.5, 0.6) is 0 Å².